The van der Waals surface area contributed by atoms with E-state index in [0.717, 1.165) is 19.3 Å². The first kappa shape index (κ1) is 10.3. The van der Waals surface area contributed by atoms with Gasteiger partial charge in [-0.3, -0.25) is 4.98 Å². The van der Waals surface area contributed by atoms with Crippen molar-refractivity contribution in [3.63, 3.8) is 0 Å². The van der Waals surface area contributed by atoms with Crippen LogP contribution in [0.4, 0.5) is 0 Å². The van der Waals surface area contributed by atoms with Gasteiger partial charge in [-0.1, -0.05) is 6.07 Å². The van der Waals surface area contributed by atoms with E-state index in [1.54, 1.807) is 0 Å². The Bertz CT molecular complexity index is 360. The Labute approximate surface area is 90.2 Å². The highest BCUT2D eigenvalue weighted by Gasteiger charge is 2.19. The third-order valence-corrected chi connectivity index (χ3v) is 3.07. The molecule has 0 radical (unpaired) electrons. The van der Waals surface area contributed by atoms with Crippen LogP contribution >= 0.6 is 0 Å². The first-order valence-corrected chi connectivity index (χ1v) is 5.48. The van der Waals surface area contributed by atoms with Gasteiger partial charge in [0.2, 0.25) is 0 Å². The Hall–Kier alpha value is -1.22. The Morgan fingerprint density at radius 3 is 3.27 bits per heavy atom. The fraction of sp³-hybridized carbons (Fsp3) is 0.500. The number of rotatable bonds is 3. The van der Waals surface area contributed by atoms with Gasteiger partial charge in [-0.25, -0.2) is 0 Å². The second kappa shape index (κ2) is 4.53. The van der Waals surface area contributed by atoms with Crippen molar-refractivity contribution in [1.82, 2.24) is 4.98 Å². The first-order valence-electron chi connectivity index (χ1n) is 5.48. The summed E-state index contributed by atoms with van der Waals surface area (Å²) < 4.78 is 0. The molecule has 15 heavy (non-hydrogen) atoms. The molecule has 0 saturated carbocycles. The van der Waals surface area contributed by atoms with Crippen molar-refractivity contribution in [1.29, 1.82) is 5.41 Å². The number of fused-ring (bicyclic) bond motifs is 1. The zero-order valence-corrected chi connectivity index (χ0v) is 8.87. The average molecular weight is 203 g/mol. The zero-order valence-electron chi connectivity index (χ0n) is 8.87. The third kappa shape index (κ3) is 2.42. The molecule has 1 aromatic rings. The van der Waals surface area contributed by atoms with Crippen molar-refractivity contribution in [3.8, 4) is 0 Å². The molecule has 3 N–H and O–H groups in total. The molecule has 1 aromatic heterocycles. The highest BCUT2D eigenvalue weighted by atomic mass is 14.7. The van der Waals surface area contributed by atoms with E-state index in [2.05, 4.69) is 11.1 Å². The highest BCUT2D eigenvalue weighted by Crippen LogP contribution is 2.25. The van der Waals surface area contributed by atoms with E-state index >= 15 is 0 Å². The molecule has 0 aromatic carbocycles. The van der Waals surface area contributed by atoms with Gasteiger partial charge in [-0.15, -0.1) is 0 Å². The molecule has 1 aliphatic rings. The van der Waals surface area contributed by atoms with Gasteiger partial charge in [0, 0.05) is 24.1 Å². The van der Waals surface area contributed by atoms with Crippen LogP contribution in [-0.4, -0.2) is 17.2 Å². The van der Waals surface area contributed by atoms with Crippen LogP contribution in [0.3, 0.4) is 0 Å². The van der Waals surface area contributed by atoms with Gasteiger partial charge in [0.15, 0.2) is 0 Å². The molecule has 0 bridgehead atoms. The minimum atomic E-state index is 0.394. The number of aromatic nitrogens is 1. The number of hydrogen-bond acceptors (Lipinski definition) is 3. The Morgan fingerprint density at radius 1 is 1.60 bits per heavy atom. The van der Waals surface area contributed by atoms with Crippen LogP contribution in [0.2, 0.25) is 0 Å². The molecule has 0 spiro atoms. The van der Waals surface area contributed by atoms with Crippen LogP contribution < -0.4 is 5.73 Å². The van der Waals surface area contributed by atoms with Gasteiger partial charge in [0.25, 0.3) is 0 Å². The lowest BCUT2D eigenvalue weighted by molar-refractivity contribution is 0.464. The normalized spacial score (nSPS) is 19.7. The molecule has 1 heterocycles. The van der Waals surface area contributed by atoms with Crippen LogP contribution in [0.5, 0.6) is 0 Å². The summed E-state index contributed by atoms with van der Waals surface area (Å²) in [6.45, 7) is 0.394. The fourth-order valence-electron chi connectivity index (χ4n) is 2.22. The quantitative estimate of drug-likeness (QED) is 0.732. The van der Waals surface area contributed by atoms with Crippen LogP contribution in [0.1, 0.15) is 24.1 Å². The second-order valence-electron chi connectivity index (χ2n) is 4.23. The van der Waals surface area contributed by atoms with Gasteiger partial charge >= 0.3 is 0 Å². The summed E-state index contributed by atoms with van der Waals surface area (Å²) >= 11 is 0. The minimum Gasteiger partial charge on any atom is -0.326 e. The van der Waals surface area contributed by atoms with Crippen molar-refractivity contribution < 1.29 is 0 Å². The first-order chi connectivity index (χ1) is 7.29. The van der Waals surface area contributed by atoms with Crippen molar-refractivity contribution >= 4 is 5.71 Å². The van der Waals surface area contributed by atoms with Crippen molar-refractivity contribution in [2.24, 2.45) is 11.7 Å². The van der Waals surface area contributed by atoms with Crippen LogP contribution in [0.15, 0.2) is 18.3 Å². The average Bonchev–Trinajstić information content (AvgIpc) is 2.29. The maximum Gasteiger partial charge on any atom is 0.0438 e. The fourth-order valence-corrected chi connectivity index (χ4v) is 2.22. The molecule has 1 unspecified atom stereocenters. The van der Waals surface area contributed by atoms with Gasteiger partial charge in [0.1, 0.15) is 0 Å². The van der Waals surface area contributed by atoms with Crippen LogP contribution in [0.25, 0.3) is 0 Å². The number of hydrogen-bond donors (Lipinski definition) is 2. The van der Waals surface area contributed by atoms with E-state index in [4.69, 9.17) is 11.1 Å². The summed E-state index contributed by atoms with van der Waals surface area (Å²) in [5.74, 6) is 0.573. The Morgan fingerprint density at radius 2 is 2.47 bits per heavy atom. The maximum absolute atomic E-state index is 7.61. The molecule has 3 heteroatoms. The predicted molar refractivity (Wildman–Crippen MR) is 61.2 cm³/mol. The SMILES string of the molecule is N=C(CN)CC1CCc2cccnc2C1. The summed E-state index contributed by atoms with van der Waals surface area (Å²) in [6.07, 6.45) is 5.98. The molecule has 3 nitrogen and oxygen atoms in total. The molecular weight excluding hydrogens is 186 g/mol. The molecular formula is C12H17N3. The summed E-state index contributed by atoms with van der Waals surface area (Å²) in [7, 11) is 0. The Balaban J connectivity index is 2.02. The molecule has 0 fully saturated rings. The number of pyridine rings is 1. The lowest BCUT2D eigenvalue weighted by atomic mass is 9.84. The zero-order chi connectivity index (χ0) is 10.7. The van der Waals surface area contributed by atoms with Crippen molar-refractivity contribution in [2.75, 3.05) is 6.54 Å². The van der Waals surface area contributed by atoms with Crippen LogP contribution in [0, 0.1) is 11.3 Å². The summed E-state index contributed by atoms with van der Waals surface area (Å²) in [6, 6.07) is 4.16. The van der Waals surface area contributed by atoms with Gasteiger partial charge < -0.3 is 11.1 Å². The number of nitrogens with two attached hydrogens (primary N) is 1. The number of nitrogens with one attached hydrogen (secondary N) is 1. The van der Waals surface area contributed by atoms with Crippen LogP contribution in [-0.2, 0) is 12.8 Å². The topological polar surface area (TPSA) is 62.8 Å². The van der Waals surface area contributed by atoms with E-state index in [9.17, 15) is 0 Å². The molecule has 0 aliphatic heterocycles. The Kier molecular flexibility index (Phi) is 3.11. The van der Waals surface area contributed by atoms with E-state index in [1.165, 1.54) is 17.7 Å². The second-order valence-corrected chi connectivity index (χ2v) is 4.23. The van der Waals surface area contributed by atoms with E-state index in [1.807, 2.05) is 12.3 Å². The summed E-state index contributed by atoms with van der Waals surface area (Å²) in [5, 5.41) is 7.61. The van der Waals surface area contributed by atoms with Gasteiger partial charge in [-0.05, 0) is 43.2 Å². The highest BCUT2D eigenvalue weighted by molar-refractivity contribution is 5.83. The van der Waals surface area contributed by atoms with Gasteiger partial charge in [-0.2, -0.15) is 0 Å². The molecule has 1 aliphatic carbocycles. The lowest BCUT2D eigenvalue weighted by Crippen LogP contribution is -2.22. The largest absolute Gasteiger partial charge is 0.326 e. The monoisotopic (exact) mass is 203 g/mol. The molecule has 0 amide bonds. The standard InChI is InChI=1S/C12H17N3/c13-8-11(14)6-9-3-4-10-2-1-5-15-12(10)7-9/h1-2,5,9,14H,3-4,6-8,13H2. The molecule has 2 rings (SSSR count). The lowest BCUT2D eigenvalue weighted by Gasteiger charge is -2.23. The predicted octanol–water partition coefficient (Wildman–Crippen LogP) is 1.56. The summed E-state index contributed by atoms with van der Waals surface area (Å²) in [4.78, 5) is 4.40. The minimum absolute atomic E-state index is 0.394. The molecule has 80 valence electrons. The van der Waals surface area contributed by atoms with E-state index < -0.39 is 0 Å². The molecule has 0 saturated heterocycles. The van der Waals surface area contributed by atoms with E-state index in [0.29, 0.717) is 18.2 Å². The number of aryl methyl sites for hydroxylation is 1. The number of nitrogens with zero attached hydrogens (tertiary/aromatic N) is 1. The smallest absolute Gasteiger partial charge is 0.0438 e. The van der Waals surface area contributed by atoms with Crippen molar-refractivity contribution in [3.05, 3.63) is 29.6 Å². The van der Waals surface area contributed by atoms with Crippen molar-refractivity contribution in [2.45, 2.75) is 25.7 Å². The van der Waals surface area contributed by atoms with E-state index in [-0.39, 0.29) is 0 Å². The molecule has 1 atom stereocenters. The van der Waals surface area contributed by atoms with Gasteiger partial charge in [0.05, 0.1) is 0 Å². The maximum atomic E-state index is 7.61. The third-order valence-electron chi connectivity index (χ3n) is 3.07. The summed E-state index contributed by atoms with van der Waals surface area (Å²) in [5.41, 5.74) is 8.71.